The average molecular weight is 359 g/mol. The van der Waals surface area contributed by atoms with Gasteiger partial charge in [-0.25, -0.2) is 0 Å². The fourth-order valence-electron chi connectivity index (χ4n) is 3.03. The zero-order valence-electron chi connectivity index (χ0n) is 14.9. The van der Waals surface area contributed by atoms with Gasteiger partial charge in [0.15, 0.2) is 0 Å². The number of benzene rings is 2. The van der Waals surface area contributed by atoms with Crippen molar-refractivity contribution in [3.05, 3.63) is 47.5 Å². The monoisotopic (exact) mass is 359 g/mol. The molecule has 2 N–H and O–H groups in total. The van der Waals surface area contributed by atoms with E-state index in [2.05, 4.69) is 26.8 Å². The first-order chi connectivity index (χ1) is 13.0. The van der Waals surface area contributed by atoms with Crippen LogP contribution in [0.2, 0.25) is 0 Å². The normalized spacial score (nSPS) is 12.6. The van der Waals surface area contributed by atoms with Gasteiger partial charge in [-0.05, 0) is 55.8 Å². The van der Waals surface area contributed by atoms with Gasteiger partial charge in [-0.1, -0.05) is 5.16 Å². The second-order valence-electron chi connectivity index (χ2n) is 6.69. The maximum absolute atomic E-state index is 11.5. The second kappa shape index (κ2) is 6.57. The van der Waals surface area contributed by atoms with Gasteiger partial charge in [0, 0.05) is 22.9 Å². The number of hydrogen-bond donors (Lipinski definition) is 2. The number of nitrogens with one attached hydrogen (secondary N) is 2. The predicted octanol–water partition coefficient (Wildman–Crippen LogP) is 3.59. The van der Waals surface area contributed by atoms with Crippen molar-refractivity contribution >= 4 is 17.3 Å². The van der Waals surface area contributed by atoms with Gasteiger partial charge in [0.25, 0.3) is 5.89 Å². The molecule has 2 heterocycles. The molecule has 0 bridgehead atoms. The molecule has 0 radical (unpaired) electrons. The summed E-state index contributed by atoms with van der Waals surface area (Å²) in [6.07, 6.45) is 0.351. The highest BCUT2D eigenvalue weighted by atomic mass is 16.5. The summed E-state index contributed by atoms with van der Waals surface area (Å²) in [5, 5.41) is 19.5. The number of rotatable bonds is 4. The third-order valence-electron chi connectivity index (χ3n) is 4.25. The van der Waals surface area contributed by atoms with E-state index >= 15 is 0 Å². The quantitative estimate of drug-likeness (QED) is 0.738. The molecule has 0 atom stereocenters. The minimum Gasteiger partial charge on any atom is -0.382 e. The molecule has 4 rings (SSSR count). The summed E-state index contributed by atoms with van der Waals surface area (Å²) in [6.45, 7) is 4.03. The van der Waals surface area contributed by atoms with Crippen LogP contribution in [-0.4, -0.2) is 22.1 Å². The summed E-state index contributed by atoms with van der Waals surface area (Å²) in [4.78, 5) is 15.9. The Kier molecular flexibility index (Phi) is 4.09. The van der Waals surface area contributed by atoms with Crippen LogP contribution in [0.3, 0.4) is 0 Å². The number of nitrogens with zero attached hydrogens (tertiary/aromatic N) is 3. The Labute approximate surface area is 156 Å². The van der Waals surface area contributed by atoms with Crippen molar-refractivity contribution in [2.24, 2.45) is 0 Å². The topological polar surface area (TPSA) is 104 Å². The molecule has 1 amide bonds. The molecule has 1 aliphatic heterocycles. The number of hydrogen-bond acceptors (Lipinski definition) is 6. The lowest BCUT2D eigenvalue weighted by molar-refractivity contribution is -0.115. The lowest BCUT2D eigenvalue weighted by Gasteiger charge is -2.11. The van der Waals surface area contributed by atoms with Crippen LogP contribution in [0.15, 0.2) is 40.9 Å². The maximum Gasteiger partial charge on any atom is 0.258 e. The van der Waals surface area contributed by atoms with Gasteiger partial charge < -0.3 is 15.2 Å². The third-order valence-corrected chi connectivity index (χ3v) is 4.25. The first-order valence-corrected chi connectivity index (χ1v) is 8.61. The molecule has 7 nitrogen and oxygen atoms in total. The zero-order chi connectivity index (χ0) is 19.0. The van der Waals surface area contributed by atoms with Gasteiger partial charge >= 0.3 is 0 Å². The van der Waals surface area contributed by atoms with E-state index in [-0.39, 0.29) is 11.9 Å². The highest BCUT2D eigenvalue weighted by Crippen LogP contribution is 2.30. The van der Waals surface area contributed by atoms with Gasteiger partial charge in [-0.15, -0.1) is 0 Å². The van der Waals surface area contributed by atoms with E-state index < -0.39 is 0 Å². The minimum atomic E-state index is -0.0184. The number of anilines is 2. The molecule has 27 heavy (non-hydrogen) atoms. The highest BCUT2D eigenvalue weighted by Gasteiger charge is 2.19. The predicted molar refractivity (Wildman–Crippen MR) is 101 cm³/mol. The summed E-state index contributed by atoms with van der Waals surface area (Å²) in [6, 6.07) is 13.4. The van der Waals surface area contributed by atoms with Crippen molar-refractivity contribution < 1.29 is 9.32 Å². The molecule has 0 aliphatic carbocycles. The smallest absolute Gasteiger partial charge is 0.258 e. The number of aromatic nitrogens is 2. The van der Waals surface area contributed by atoms with Crippen LogP contribution in [0.1, 0.15) is 25.0 Å². The molecule has 1 aliphatic rings. The van der Waals surface area contributed by atoms with Crippen molar-refractivity contribution in [2.75, 3.05) is 10.6 Å². The van der Waals surface area contributed by atoms with E-state index in [4.69, 9.17) is 4.52 Å². The molecule has 3 aromatic rings. The van der Waals surface area contributed by atoms with Crippen LogP contribution in [-0.2, 0) is 11.2 Å². The van der Waals surface area contributed by atoms with Crippen LogP contribution < -0.4 is 10.6 Å². The van der Waals surface area contributed by atoms with Gasteiger partial charge in [0.1, 0.15) is 6.07 Å². The van der Waals surface area contributed by atoms with Crippen molar-refractivity contribution in [2.45, 2.75) is 26.3 Å². The molecule has 0 saturated carbocycles. The molecule has 0 fully saturated rings. The van der Waals surface area contributed by atoms with Crippen molar-refractivity contribution in [1.82, 2.24) is 10.1 Å². The number of carbonyl (C=O) groups is 1. The van der Waals surface area contributed by atoms with E-state index in [1.807, 2.05) is 44.2 Å². The first-order valence-electron chi connectivity index (χ1n) is 8.61. The molecule has 0 saturated heterocycles. The maximum atomic E-state index is 11.5. The van der Waals surface area contributed by atoms with Crippen LogP contribution in [0.5, 0.6) is 0 Å². The van der Waals surface area contributed by atoms with Crippen molar-refractivity contribution in [3.8, 4) is 28.9 Å². The summed E-state index contributed by atoms with van der Waals surface area (Å²) in [5.74, 6) is 0.761. The van der Waals surface area contributed by atoms with Crippen LogP contribution in [0, 0.1) is 11.3 Å². The number of amides is 1. The highest BCUT2D eigenvalue weighted by molar-refractivity contribution is 5.99. The van der Waals surface area contributed by atoms with E-state index in [1.165, 1.54) is 0 Å². The Morgan fingerprint density at radius 1 is 1.22 bits per heavy atom. The average Bonchev–Trinajstić information content (AvgIpc) is 3.26. The molecule has 0 unspecified atom stereocenters. The minimum absolute atomic E-state index is 0.0184. The van der Waals surface area contributed by atoms with Gasteiger partial charge in [0.05, 0.1) is 17.7 Å². The lowest BCUT2D eigenvalue weighted by Crippen LogP contribution is -2.10. The molecule has 0 spiro atoms. The lowest BCUT2D eigenvalue weighted by atomic mass is 10.1. The van der Waals surface area contributed by atoms with Crippen LogP contribution in [0.25, 0.3) is 22.8 Å². The summed E-state index contributed by atoms with van der Waals surface area (Å²) in [5.41, 5.74) is 4.48. The Morgan fingerprint density at radius 3 is 2.81 bits per heavy atom. The molecule has 1 aromatic heterocycles. The zero-order valence-corrected chi connectivity index (χ0v) is 14.9. The number of fused-ring (bicyclic) bond motifs is 1. The molecular formula is C20H17N5O2. The van der Waals surface area contributed by atoms with Gasteiger partial charge in [0.2, 0.25) is 11.7 Å². The molecule has 7 heteroatoms. The summed E-state index contributed by atoms with van der Waals surface area (Å²) in [7, 11) is 0. The standard InChI is InChI=1S/C20H17N5O2/c1-11(2)22-17-6-4-13(8-15(17)10-21)20-24-19(25-27-20)12-3-5-16-14(7-12)9-18(26)23-16/h3-8,11,22H,9H2,1-2H3,(H,23,26). The Hall–Kier alpha value is -3.66. The molecule has 134 valence electrons. The van der Waals surface area contributed by atoms with Crippen LogP contribution in [0.4, 0.5) is 11.4 Å². The van der Waals surface area contributed by atoms with Crippen molar-refractivity contribution in [1.29, 1.82) is 5.26 Å². The first kappa shape index (κ1) is 16.8. The van der Waals surface area contributed by atoms with Gasteiger partial charge in [-0.2, -0.15) is 10.2 Å². The Bertz CT molecular complexity index is 1080. The van der Waals surface area contributed by atoms with E-state index in [0.717, 1.165) is 22.5 Å². The Balaban J connectivity index is 1.64. The Morgan fingerprint density at radius 2 is 2.04 bits per heavy atom. The van der Waals surface area contributed by atoms with E-state index in [0.29, 0.717) is 29.3 Å². The molecule has 2 aromatic carbocycles. The summed E-state index contributed by atoms with van der Waals surface area (Å²) < 4.78 is 5.39. The van der Waals surface area contributed by atoms with E-state index in [9.17, 15) is 10.1 Å². The van der Waals surface area contributed by atoms with Gasteiger partial charge in [-0.3, -0.25) is 4.79 Å². The fraction of sp³-hybridized carbons (Fsp3) is 0.200. The SMILES string of the molecule is CC(C)Nc1ccc(-c2nc(-c3ccc4c(c3)CC(=O)N4)no2)cc1C#N. The van der Waals surface area contributed by atoms with Crippen molar-refractivity contribution in [3.63, 3.8) is 0 Å². The van der Waals surface area contributed by atoms with E-state index in [1.54, 1.807) is 6.07 Å². The third kappa shape index (κ3) is 3.25. The number of carbonyl (C=O) groups excluding carboxylic acids is 1. The summed E-state index contributed by atoms with van der Waals surface area (Å²) >= 11 is 0. The van der Waals surface area contributed by atoms with Crippen LogP contribution >= 0.6 is 0 Å². The number of nitriles is 1. The second-order valence-corrected chi connectivity index (χ2v) is 6.69. The fourth-order valence-corrected chi connectivity index (χ4v) is 3.03. The molecular weight excluding hydrogens is 342 g/mol. The largest absolute Gasteiger partial charge is 0.382 e.